The van der Waals surface area contributed by atoms with E-state index in [1.54, 1.807) is 5.57 Å². The summed E-state index contributed by atoms with van der Waals surface area (Å²) in [6, 6.07) is 0. The van der Waals surface area contributed by atoms with Gasteiger partial charge in [-0.05, 0) is 63.7 Å². The Morgan fingerprint density at radius 3 is 2.67 bits per heavy atom. The van der Waals surface area contributed by atoms with Crippen LogP contribution in [0.3, 0.4) is 0 Å². The van der Waals surface area contributed by atoms with Crippen molar-refractivity contribution >= 4 is 0 Å². The zero-order chi connectivity index (χ0) is 11.0. The van der Waals surface area contributed by atoms with Crippen LogP contribution in [0.5, 0.6) is 0 Å². The van der Waals surface area contributed by atoms with Gasteiger partial charge in [0.25, 0.3) is 0 Å². The van der Waals surface area contributed by atoms with Crippen molar-refractivity contribution in [2.24, 2.45) is 17.8 Å². The van der Waals surface area contributed by atoms with Crippen molar-refractivity contribution < 1.29 is 0 Å². The lowest BCUT2D eigenvalue weighted by Crippen LogP contribution is -2.11. The van der Waals surface area contributed by atoms with Gasteiger partial charge in [-0.25, -0.2) is 0 Å². The Kier molecular flexibility index (Phi) is 3.04. The minimum atomic E-state index is 0.781. The summed E-state index contributed by atoms with van der Waals surface area (Å²) in [6.45, 7) is 11.2. The van der Waals surface area contributed by atoms with Crippen LogP contribution in [-0.4, -0.2) is 0 Å². The first-order chi connectivity index (χ1) is 7.09. The van der Waals surface area contributed by atoms with E-state index in [1.165, 1.54) is 37.7 Å². The lowest BCUT2D eigenvalue weighted by molar-refractivity contribution is 0.374. The van der Waals surface area contributed by atoms with Gasteiger partial charge in [0.1, 0.15) is 0 Å². The maximum Gasteiger partial charge on any atom is -0.0169 e. The number of hydrogen-bond donors (Lipinski definition) is 0. The SMILES string of the molecule is C=C(C)[C@H]1CCC(C)=C2CC[C@@H](C)[C@H]2C1. The molecule has 0 spiro atoms. The summed E-state index contributed by atoms with van der Waals surface area (Å²) in [7, 11) is 0. The average Bonchev–Trinajstić information content (AvgIpc) is 2.43. The highest BCUT2D eigenvalue weighted by atomic mass is 14.4. The predicted octanol–water partition coefficient (Wildman–Crippen LogP) is 4.73. The summed E-state index contributed by atoms with van der Waals surface area (Å²) in [5, 5.41) is 0. The second-order valence-corrected chi connectivity index (χ2v) is 5.75. The Labute approximate surface area is 94.5 Å². The molecule has 0 bridgehead atoms. The van der Waals surface area contributed by atoms with Crippen LogP contribution < -0.4 is 0 Å². The van der Waals surface area contributed by atoms with Crippen LogP contribution in [0.15, 0.2) is 23.3 Å². The smallest absolute Gasteiger partial charge is 0.0169 e. The Bertz CT molecular complexity index is 295. The highest BCUT2D eigenvalue weighted by Crippen LogP contribution is 2.46. The molecule has 0 aromatic rings. The third kappa shape index (κ3) is 2.04. The number of rotatable bonds is 1. The molecule has 0 amide bonds. The van der Waals surface area contributed by atoms with Crippen molar-refractivity contribution in [3.63, 3.8) is 0 Å². The fourth-order valence-electron chi connectivity index (χ4n) is 3.44. The van der Waals surface area contributed by atoms with Crippen molar-refractivity contribution in [1.29, 1.82) is 0 Å². The van der Waals surface area contributed by atoms with Gasteiger partial charge >= 0.3 is 0 Å². The molecule has 0 unspecified atom stereocenters. The monoisotopic (exact) mass is 204 g/mol. The molecule has 0 heterocycles. The van der Waals surface area contributed by atoms with E-state index in [2.05, 4.69) is 27.4 Å². The van der Waals surface area contributed by atoms with Gasteiger partial charge in [-0.3, -0.25) is 0 Å². The van der Waals surface area contributed by atoms with E-state index in [4.69, 9.17) is 0 Å². The normalized spacial score (nSPS) is 36.3. The van der Waals surface area contributed by atoms with E-state index < -0.39 is 0 Å². The van der Waals surface area contributed by atoms with Crippen LogP contribution >= 0.6 is 0 Å². The van der Waals surface area contributed by atoms with Crippen LogP contribution in [-0.2, 0) is 0 Å². The molecule has 0 saturated heterocycles. The van der Waals surface area contributed by atoms with E-state index in [0.717, 1.165) is 17.8 Å². The summed E-state index contributed by atoms with van der Waals surface area (Å²) in [4.78, 5) is 0. The van der Waals surface area contributed by atoms with Gasteiger partial charge in [-0.15, -0.1) is 0 Å². The number of fused-ring (bicyclic) bond motifs is 1. The van der Waals surface area contributed by atoms with E-state index in [1.807, 2.05) is 5.57 Å². The molecule has 0 aliphatic heterocycles. The van der Waals surface area contributed by atoms with Gasteiger partial charge in [0.15, 0.2) is 0 Å². The number of allylic oxidation sites excluding steroid dienone is 3. The maximum atomic E-state index is 4.17. The molecule has 0 aromatic carbocycles. The van der Waals surface area contributed by atoms with Crippen LogP contribution in [0.4, 0.5) is 0 Å². The second-order valence-electron chi connectivity index (χ2n) is 5.75. The molecule has 2 rings (SSSR count). The highest BCUT2D eigenvalue weighted by molar-refractivity contribution is 5.23. The molecule has 1 fully saturated rings. The molecule has 84 valence electrons. The minimum Gasteiger partial charge on any atom is -0.0999 e. The molecule has 15 heavy (non-hydrogen) atoms. The van der Waals surface area contributed by atoms with Crippen molar-refractivity contribution in [3.05, 3.63) is 23.3 Å². The highest BCUT2D eigenvalue weighted by Gasteiger charge is 2.33. The third-order valence-corrected chi connectivity index (χ3v) is 4.65. The van der Waals surface area contributed by atoms with Gasteiger partial charge in [-0.1, -0.05) is 30.2 Å². The van der Waals surface area contributed by atoms with E-state index in [-0.39, 0.29) is 0 Å². The zero-order valence-electron chi connectivity index (χ0n) is 10.5. The minimum absolute atomic E-state index is 0.781. The first kappa shape index (κ1) is 11.0. The van der Waals surface area contributed by atoms with Gasteiger partial charge in [0, 0.05) is 0 Å². The van der Waals surface area contributed by atoms with Crippen LogP contribution in [0, 0.1) is 17.8 Å². The molecule has 0 N–H and O–H groups in total. The number of hydrogen-bond acceptors (Lipinski definition) is 0. The second kappa shape index (κ2) is 4.15. The quantitative estimate of drug-likeness (QED) is 0.542. The van der Waals surface area contributed by atoms with E-state index in [9.17, 15) is 0 Å². The summed E-state index contributed by atoms with van der Waals surface area (Å²) in [5.41, 5.74) is 4.92. The van der Waals surface area contributed by atoms with Crippen LogP contribution in [0.25, 0.3) is 0 Å². The fraction of sp³-hybridized carbons (Fsp3) is 0.733. The molecule has 2 aliphatic carbocycles. The van der Waals surface area contributed by atoms with Gasteiger partial charge in [-0.2, -0.15) is 0 Å². The largest absolute Gasteiger partial charge is 0.0999 e. The van der Waals surface area contributed by atoms with Gasteiger partial charge < -0.3 is 0 Å². The first-order valence-electron chi connectivity index (χ1n) is 6.43. The molecule has 0 heteroatoms. The molecule has 1 saturated carbocycles. The first-order valence-corrected chi connectivity index (χ1v) is 6.43. The lowest BCUT2D eigenvalue weighted by Gasteiger charge is -2.22. The summed E-state index contributed by atoms with van der Waals surface area (Å²) < 4.78 is 0. The molecule has 0 nitrogen and oxygen atoms in total. The molecular weight excluding hydrogens is 180 g/mol. The Balaban J connectivity index is 2.21. The zero-order valence-corrected chi connectivity index (χ0v) is 10.5. The van der Waals surface area contributed by atoms with E-state index in [0.29, 0.717) is 0 Å². The summed E-state index contributed by atoms with van der Waals surface area (Å²) in [5.74, 6) is 2.58. The maximum absolute atomic E-state index is 4.17. The predicted molar refractivity (Wildman–Crippen MR) is 66.7 cm³/mol. The molecule has 2 aliphatic rings. The summed E-state index contributed by atoms with van der Waals surface area (Å²) in [6.07, 6.45) is 6.83. The third-order valence-electron chi connectivity index (χ3n) is 4.65. The van der Waals surface area contributed by atoms with Crippen LogP contribution in [0.1, 0.15) is 52.9 Å². The standard InChI is InChI=1S/C15H24/c1-10(2)13-7-5-11(3)14-8-6-12(4)15(14)9-13/h12-13,15H,1,5-9H2,2-4H3/t12-,13+,15-/m1/s1. The molecule has 3 atom stereocenters. The van der Waals surface area contributed by atoms with Crippen molar-refractivity contribution in [2.45, 2.75) is 52.9 Å². The van der Waals surface area contributed by atoms with Gasteiger partial charge in [0.2, 0.25) is 0 Å². The topological polar surface area (TPSA) is 0 Å². The van der Waals surface area contributed by atoms with Crippen molar-refractivity contribution in [3.8, 4) is 0 Å². The summed E-state index contributed by atoms with van der Waals surface area (Å²) >= 11 is 0. The van der Waals surface area contributed by atoms with Crippen molar-refractivity contribution in [2.75, 3.05) is 0 Å². The molecule has 0 aromatic heterocycles. The Morgan fingerprint density at radius 1 is 1.27 bits per heavy atom. The average molecular weight is 204 g/mol. The molecule has 0 radical (unpaired) electrons. The fourth-order valence-corrected chi connectivity index (χ4v) is 3.44. The Morgan fingerprint density at radius 2 is 2.00 bits per heavy atom. The van der Waals surface area contributed by atoms with Crippen molar-refractivity contribution in [1.82, 2.24) is 0 Å². The lowest BCUT2D eigenvalue weighted by atomic mass is 9.83. The Hall–Kier alpha value is -0.520. The van der Waals surface area contributed by atoms with Gasteiger partial charge in [0.05, 0.1) is 0 Å². The van der Waals surface area contributed by atoms with E-state index >= 15 is 0 Å². The van der Waals surface area contributed by atoms with Crippen LogP contribution in [0.2, 0.25) is 0 Å². The molecular formula is C15H24.